The minimum Gasteiger partial charge on any atom is -0.464 e. The predicted octanol–water partition coefficient (Wildman–Crippen LogP) is -1.12. The van der Waals surface area contributed by atoms with Gasteiger partial charge in [-0.1, -0.05) is 0 Å². The summed E-state index contributed by atoms with van der Waals surface area (Å²) in [5, 5.41) is 12.1. The highest BCUT2D eigenvalue weighted by molar-refractivity contribution is 5.81. The first-order valence-corrected chi connectivity index (χ1v) is 3.29. The molecule has 0 aliphatic carbocycles. The minimum atomic E-state index is -1.24. The van der Waals surface area contributed by atoms with E-state index >= 15 is 0 Å². The molecule has 0 radical (unpaired) electrons. The Labute approximate surface area is 59.2 Å². The molecule has 1 fully saturated rings. The van der Waals surface area contributed by atoms with Crippen molar-refractivity contribution in [2.45, 2.75) is 12.5 Å². The zero-order valence-corrected chi connectivity index (χ0v) is 5.89. The summed E-state index contributed by atoms with van der Waals surface area (Å²) in [6.07, 6.45) is 0. The molecule has 58 valence electrons. The molecule has 0 saturated carbocycles. The van der Waals surface area contributed by atoms with E-state index in [1.54, 1.807) is 6.92 Å². The van der Waals surface area contributed by atoms with Crippen LogP contribution in [0.5, 0.6) is 0 Å². The highest BCUT2D eigenvalue weighted by atomic mass is 16.5. The summed E-state index contributed by atoms with van der Waals surface area (Å²) in [5.41, 5.74) is -1.24. The maximum absolute atomic E-state index is 10.8. The van der Waals surface area contributed by atoms with Gasteiger partial charge in [0.2, 0.25) is 0 Å². The molecular weight excluding hydrogens is 134 g/mol. The van der Waals surface area contributed by atoms with Crippen molar-refractivity contribution < 1.29 is 14.6 Å². The van der Waals surface area contributed by atoms with Crippen LogP contribution >= 0.6 is 0 Å². The number of β-amino-alcohol motifs (C(OH)–C–C–N with tert-alkyl or cyclic N) is 1. The molecule has 0 aromatic rings. The van der Waals surface area contributed by atoms with Gasteiger partial charge >= 0.3 is 5.97 Å². The van der Waals surface area contributed by atoms with E-state index in [4.69, 9.17) is 0 Å². The first-order chi connectivity index (χ1) is 4.69. The molecule has 2 N–H and O–H groups in total. The van der Waals surface area contributed by atoms with E-state index in [-0.39, 0.29) is 0 Å². The van der Waals surface area contributed by atoms with E-state index < -0.39 is 11.6 Å². The van der Waals surface area contributed by atoms with Gasteiger partial charge in [0.15, 0.2) is 5.60 Å². The van der Waals surface area contributed by atoms with Crippen LogP contribution in [0.4, 0.5) is 0 Å². The molecule has 1 aliphatic rings. The van der Waals surface area contributed by atoms with Gasteiger partial charge < -0.3 is 15.2 Å². The average molecular weight is 145 g/mol. The van der Waals surface area contributed by atoms with Gasteiger partial charge in [-0.3, -0.25) is 0 Å². The number of ether oxygens (including phenoxy) is 1. The molecule has 4 nitrogen and oxygen atoms in total. The van der Waals surface area contributed by atoms with E-state index in [2.05, 4.69) is 10.1 Å². The first kappa shape index (κ1) is 7.50. The van der Waals surface area contributed by atoms with Crippen LogP contribution in [0.2, 0.25) is 0 Å². The normalized spacial score (nSPS) is 21.4. The topological polar surface area (TPSA) is 58.6 Å². The van der Waals surface area contributed by atoms with Crippen LogP contribution in [0.1, 0.15) is 6.92 Å². The summed E-state index contributed by atoms with van der Waals surface area (Å²) in [4.78, 5) is 10.8. The Bertz CT molecular complexity index is 142. The molecule has 1 aliphatic heterocycles. The number of aliphatic hydroxyl groups is 1. The second kappa shape index (κ2) is 2.56. The van der Waals surface area contributed by atoms with Gasteiger partial charge in [-0.15, -0.1) is 0 Å². The van der Waals surface area contributed by atoms with E-state index in [0.29, 0.717) is 19.7 Å². The zero-order valence-electron chi connectivity index (χ0n) is 5.89. The number of esters is 1. The maximum atomic E-state index is 10.8. The lowest BCUT2D eigenvalue weighted by molar-refractivity contribution is -0.170. The summed E-state index contributed by atoms with van der Waals surface area (Å²) < 4.78 is 4.62. The van der Waals surface area contributed by atoms with Crippen molar-refractivity contribution in [3.63, 3.8) is 0 Å². The van der Waals surface area contributed by atoms with Gasteiger partial charge in [-0.2, -0.15) is 0 Å². The molecule has 0 spiro atoms. The van der Waals surface area contributed by atoms with Crippen molar-refractivity contribution >= 4 is 5.97 Å². The lowest BCUT2D eigenvalue weighted by Gasteiger charge is -2.34. The molecule has 1 heterocycles. The predicted molar refractivity (Wildman–Crippen MR) is 34.5 cm³/mol. The van der Waals surface area contributed by atoms with Crippen LogP contribution in [-0.4, -0.2) is 36.4 Å². The lowest BCUT2D eigenvalue weighted by Crippen LogP contribution is -2.64. The fourth-order valence-electron chi connectivity index (χ4n) is 0.772. The maximum Gasteiger partial charge on any atom is 0.340 e. The smallest absolute Gasteiger partial charge is 0.340 e. The molecule has 0 bridgehead atoms. The Morgan fingerprint density at radius 1 is 1.80 bits per heavy atom. The van der Waals surface area contributed by atoms with E-state index in [0.717, 1.165) is 0 Å². The second-order valence-corrected chi connectivity index (χ2v) is 2.36. The molecule has 10 heavy (non-hydrogen) atoms. The molecule has 0 aromatic carbocycles. The second-order valence-electron chi connectivity index (χ2n) is 2.36. The third-order valence-electron chi connectivity index (χ3n) is 1.49. The average Bonchev–Trinajstić information content (AvgIpc) is 1.83. The summed E-state index contributed by atoms with van der Waals surface area (Å²) >= 11 is 0. The minimum absolute atomic E-state index is 0.311. The lowest BCUT2D eigenvalue weighted by atomic mass is 9.98. The Kier molecular flexibility index (Phi) is 1.92. The number of hydrogen-bond donors (Lipinski definition) is 2. The van der Waals surface area contributed by atoms with Crippen molar-refractivity contribution in [3.05, 3.63) is 0 Å². The Morgan fingerprint density at radius 3 is 2.70 bits per heavy atom. The van der Waals surface area contributed by atoms with Gasteiger partial charge in [0, 0.05) is 13.1 Å². The fraction of sp³-hybridized carbons (Fsp3) is 0.833. The van der Waals surface area contributed by atoms with Crippen molar-refractivity contribution in [1.82, 2.24) is 5.32 Å². The van der Waals surface area contributed by atoms with Crippen LogP contribution in [0.3, 0.4) is 0 Å². The summed E-state index contributed by atoms with van der Waals surface area (Å²) in [5.74, 6) is -0.520. The third-order valence-corrected chi connectivity index (χ3v) is 1.49. The molecule has 1 rings (SSSR count). The van der Waals surface area contributed by atoms with Crippen LogP contribution in [-0.2, 0) is 9.53 Å². The molecule has 1 saturated heterocycles. The highest BCUT2D eigenvalue weighted by Gasteiger charge is 2.43. The fourth-order valence-corrected chi connectivity index (χ4v) is 0.772. The quantitative estimate of drug-likeness (QED) is 0.483. The van der Waals surface area contributed by atoms with Gasteiger partial charge in [0.1, 0.15) is 0 Å². The summed E-state index contributed by atoms with van der Waals surface area (Å²) in [6, 6.07) is 0. The van der Waals surface area contributed by atoms with Crippen molar-refractivity contribution in [1.29, 1.82) is 0 Å². The monoisotopic (exact) mass is 145 g/mol. The first-order valence-electron chi connectivity index (χ1n) is 3.29. The van der Waals surface area contributed by atoms with Crippen LogP contribution in [0.15, 0.2) is 0 Å². The Balaban J connectivity index is 2.39. The SMILES string of the molecule is CCOC(=O)C1(O)CNC1. The molecule has 4 heteroatoms. The molecule has 0 unspecified atom stereocenters. The van der Waals surface area contributed by atoms with Crippen molar-refractivity contribution in [2.75, 3.05) is 19.7 Å². The number of carbonyl (C=O) groups excluding carboxylic acids is 1. The summed E-state index contributed by atoms with van der Waals surface area (Å²) in [6.45, 7) is 2.66. The van der Waals surface area contributed by atoms with Crippen LogP contribution < -0.4 is 5.32 Å². The molecule has 0 aromatic heterocycles. The number of carbonyl (C=O) groups is 1. The van der Waals surface area contributed by atoms with Gasteiger partial charge in [0.25, 0.3) is 0 Å². The standard InChI is InChI=1S/C6H11NO3/c1-2-10-5(8)6(9)3-7-4-6/h7,9H,2-4H2,1H3. The third kappa shape index (κ3) is 1.12. The molecule has 0 atom stereocenters. The van der Waals surface area contributed by atoms with E-state index in [1.807, 2.05) is 0 Å². The van der Waals surface area contributed by atoms with Gasteiger partial charge in [0.05, 0.1) is 6.61 Å². The van der Waals surface area contributed by atoms with Crippen LogP contribution in [0, 0.1) is 0 Å². The van der Waals surface area contributed by atoms with Gasteiger partial charge in [-0.05, 0) is 6.92 Å². The summed E-state index contributed by atoms with van der Waals surface area (Å²) in [7, 11) is 0. The zero-order chi connectivity index (χ0) is 7.61. The van der Waals surface area contributed by atoms with E-state index in [1.165, 1.54) is 0 Å². The Hall–Kier alpha value is -0.610. The van der Waals surface area contributed by atoms with Crippen molar-refractivity contribution in [2.24, 2.45) is 0 Å². The largest absolute Gasteiger partial charge is 0.464 e. The molecular formula is C6H11NO3. The number of nitrogens with one attached hydrogen (secondary N) is 1. The van der Waals surface area contributed by atoms with E-state index in [9.17, 15) is 9.90 Å². The van der Waals surface area contributed by atoms with Crippen LogP contribution in [0.25, 0.3) is 0 Å². The number of hydrogen-bond acceptors (Lipinski definition) is 4. The van der Waals surface area contributed by atoms with Gasteiger partial charge in [-0.25, -0.2) is 4.79 Å². The van der Waals surface area contributed by atoms with Crippen molar-refractivity contribution in [3.8, 4) is 0 Å². The highest BCUT2D eigenvalue weighted by Crippen LogP contribution is 2.11. The Morgan fingerprint density at radius 2 is 2.40 bits per heavy atom. The number of rotatable bonds is 2. The molecule has 0 amide bonds.